The number of nitrogens with one attached hydrogen (secondary N) is 1. The molecule has 1 fully saturated rings. The number of anilines is 1. The van der Waals surface area contributed by atoms with Crippen LogP contribution in [0.15, 0.2) is 41.3 Å². The highest BCUT2D eigenvalue weighted by Gasteiger charge is 2.36. The second-order valence-electron chi connectivity index (χ2n) is 6.40. The van der Waals surface area contributed by atoms with Gasteiger partial charge in [0.05, 0.1) is 11.5 Å². The van der Waals surface area contributed by atoms with E-state index < -0.39 is 23.6 Å². The van der Waals surface area contributed by atoms with Crippen LogP contribution in [0, 0.1) is 6.92 Å². The molecule has 0 saturated carbocycles. The number of carbonyl (C=O) groups is 3. The Balaban J connectivity index is 1.74. The highest BCUT2D eigenvalue weighted by molar-refractivity contribution is 8.18. The number of imide groups is 1. The van der Waals surface area contributed by atoms with E-state index in [-0.39, 0.29) is 4.91 Å². The third kappa shape index (κ3) is 5.16. The van der Waals surface area contributed by atoms with Crippen molar-refractivity contribution >= 4 is 63.8 Å². The molecule has 156 valence electrons. The van der Waals surface area contributed by atoms with E-state index in [2.05, 4.69) is 5.32 Å². The normalized spacial score (nSPS) is 15.1. The second kappa shape index (κ2) is 9.55. The van der Waals surface area contributed by atoms with Crippen LogP contribution in [0.3, 0.4) is 0 Å². The summed E-state index contributed by atoms with van der Waals surface area (Å²) in [5, 5.41) is 3.10. The molecule has 0 unspecified atom stereocenters. The van der Waals surface area contributed by atoms with Crippen molar-refractivity contribution in [1.29, 1.82) is 0 Å². The van der Waals surface area contributed by atoms with E-state index in [0.29, 0.717) is 33.7 Å². The summed E-state index contributed by atoms with van der Waals surface area (Å²) in [6.45, 7) is 3.72. The molecule has 2 aromatic carbocycles. The molecule has 0 bridgehead atoms. The van der Waals surface area contributed by atoms with E-state index in [1.807, 2.05) is 13.8 Å². The Hall–Kier alpha value is -2.48. The lowest BCUT2D eigenvalue weighted by Gasteiger charge is -2.13. The van der Waals surface area contributed by atoms with Gasteiger partial charge in [-0.25, -0.2) is 0 Å². The molecule has 2 aromatic rings. The Morgan fingerprint density at radius 3 is 2.67 bits per heavy atom. The third-order valence-electron chi connectivity index (χ3n) is 4.19. The van der Waals surface area contributed by atoms with Gasteiger partial charge in [0.1, 0.15) is 12.3 Å². The van der Waals surface area contributed by atoms with Crippen molar-refractivity contribution in [2.75, 3.05) is 18.5 Å². The molecular formula is C21H18Cl2N2O4S. The van der Waals surface area contributed by atoms with Gasteiger partial charge in [0.25, 0.3) is 11.1 Å². The molecule has 1 N–H and O–H groups in total. The fraction of sp³-hybridized carbons (Fsp3) is 0.190. The molecule has 0 aliphatic carbocycles. The number of rotatable bonds is 6. The number of carbonyl (C=O) groups excluding carboxylic acids is 3. The summed E-state index contributed by atoms with van der Waals surface area (Å²) in [6.07, 6.45) is 1.54. The zero-order chi connectivity index (χ0) is 21.8. The maximum atomic E-state index is 12.7. The summed E-state index contributed by atoms with van der Waals surface area (Å²) in [5.74, 6) is -0.511. The lowest BCUT2D eigenvalue weighted by atomic mass is 10.2. The summed E-state index contributed by atoms with van der Waals surface area (Å²) in [7, 11) is 0. The predicted octanol–water partition coefficient (Wildman–Crippen LogP) is 5.38. The highest BCUT2D eigenvalue weighted by atomic mass is 35.5. The summed E-state index contributed by atoms with van der Waals surface area (Å²) in [5.41, 5.74) is 1.94. The summed E-state index contributed by atoms with van der Waals surface area (Å²) < 4.78 is 5.54. The van der Waals surface area contributed by atoms with Gasteiger partial charge in [0, 0.05) is 21.3 Å². The first-order chi connectivity index (χ1) is 14.3. The smallest absolute Gasteiger partial charge is 0.294 e. The topological polar surface area (TPSA) is 75.7 Å². The first-order valence-electron chi connectivity index (χ1n) is 9.02. The van der Waals surface area contributed by atoms with Gasteiger partial charge in [-0.3, -0.25) is 19.3 Å². The summed E-state index contributed by atoms with van der Waals surface area (Å²) >= 11 is 12.9. The van der Waals surface area contributed by atoms with Crippen LogP contribution >= 0.6 is 35.0 Å². The maximum absolute atomic E-state index is 12.7. The molecule has 1 heterocycles. The number of nitrogens with zero attached hydrogens (tertiary/aromatic N) is 1. The minimum Gasteiger partial charge on any atom is -0.493 e. The molecule has 30 heavy (non-hydrogen) atoms. The zero-order valence-corrected chi connectivity index (χ0v) is 18.5. The Labute approximate surface area is 188 Å². The molecule has 1 aliphatic rings. The number of hydrogen-bond acceptors (Lipinski definition) is 5. The fourth-order valence-electron chi connectivity index (χ4n) is 2.71. The molecule has 3 amide bonds. The standard InChI is InChI=1S/C21H18Cl2N2O4S/c1-3-29-17-7-5-14(22)8-13(17)9-18-20(27)25(21(28)30-18)11-19(26)24-15-6-4-12(2)16(23)10-15/h4-10H,3,11H2,1-2H3,(H,24,26)/b18-9+. The summed E-state index contributed by atoms with van der Waals surface area (Å²) in [6, 6.07) is 10.1. The first-order valence-corrected chi connectivity index (χ1v) is 10.6. The van der Waals surface area contributed by atoms with Gasteiger partial charge in [-0.1, -0.05) is 29.3 Å². The minimum atomic E-state index is -0.551. The fourth-order valence-corrected chi connectivity index (χ4v) is 3.90. The molecule has 0 atom stereocenters. The van der Waals surface area contributed by atoms with Crippen LogP contribution in [0.4, 0.5) is 10.5 Å². The quantitative estimate of drug-likeness (QED) is 0.581. The number of hydrogen-bond donors (Lipinski definition) is 1. The average Bonchev–Trinajstić information content (AvgIpc) is 2.94. The molecule has 0 spiro atoms. The lowest BCUT2D eigenvalue weighted by Crippen LogP contribution is -2.36. The van der Waals surface area contributed by atoms with Crippen molar-refractivity contribution in [3.63, 3.8) is 0 Å². The van der Waals surface area contributed by atoms with Crippen LogP contribution in [-0.4, -0.2) is 35.1 Å². The predicted molar refractivity (Wildman–Crippen MR) is 120 cm³/mol. The molecule has 0 aromatic heterocycles. The van der Waals surface area contributed by atoms with Crippen LogP contribution in [-0.2, 0) is 9.59 Å². The number of thioether (sulfide) groups is 1. The van der Waals surface area contributed by atoms with Crippen molar-refractivity contribution in [2.45, 2.75) is 13.8 Å². The van der Waals surface area contributed by atoms with Crippen LogP contribution in [0.2, 0.25) is 10.0 Å². The molecule has 3 rings (SSSR count). The monoisotopic (exact) mass is 464 g/mol. The number of aryl methyl sites for hydroxylation is 1. The third-order valence-corrected chi connectivity index (χ3v) is 5.74. The molecule has 6 nitrogen and oxygen atoms in total. The van der Waals surface area contributed by atoms with E-state index in [0.717, 1.165) is 22.2 Å². The van der Waals surface area contributed by atoms with Crippen LogP contribution in [0.5, 0.6) is 5.75 Å². The van der Waals surface area contributed by atoms with Gasteiger partial charge in [0.15, 0.2) is 0 Å². The average molecular weight is 465 g/mol. The van der Waals surface area contributed by atoms with Gasteiger partial charge < -0.3 is 10.1 Å². The number of halogens is 2. The van der Waals surface area contributed by atoms with E-state index in [1.54, 1.807) is 42.5 Å². The Morgan fingerprint density at radius 1 is 1.20 bits per heavy atom. The highest BCUT2D eigenvalue weighted by Crippen LogP contribution is 2.34. The van der Waals surface area contributed by atoms with Crippen LogP contribution in [0.1, 0.15) is 18.1 Å². The van der Waals surface area contributed by atoms with Crippen molar-refractivity contribution in [1.82, 2.24) is 4.90 Å². The summed E-state index contributed by atoms with van der Waals surface area (Å²) in [4.78, 5) is 38.4. The SMILES string of the molecule is CCOc1ccc(Cl)cc1/C=C1/SC(=O)N(CC(=O)Nc2ccc(C)c(Cl)c2)C1=O. The first kappa shape index (κ1) is 22.2. The molecule has 9 heteroatoms. The van der Waals surface area contributed by atoms with Gasteiger partial charge in [0.2, 0.25) is 5.91 Å². The van der Waals surface area contributed by atoms with Gasteiger partial charge in [-0.2, -0.15) is 0 Å². The molecule has 0 radical (unpaired) electrons. The van der Waals surface area contributed by atoms with Crippen LogP contribution in [0.25, 0.3) is 6.08 Å². The van der Waals surface area contributed by atoms with E-state index in [4.69, 9.17) is 27.9 Å². The maximum Gasteiger partial charge on any atom is 0.294 e. The number of benzene rings is 2. The Kier molecular flexibility index (Phi) is 7.07. The number of amides is 3. The Morgan fingerprint density at radius 2 is 1.97 bits per heavy atom. The zero-order valence-electron chi connectivity index (χ0n) is 16.2. The largest absolute Gasteiger partial charge is 0.493 e. The lowest BCUT2D eigenvalue weighted by molar-refractivity contribution is -0.127. The van der Waals surface area contributed by atoms with E-state index in [9.17, 15) is 14.4 Å². The van der Waals surface area contributed by atoms with Gasteiger partial charge >= 0.3 is 0 Å². The molecule has 1 aliphatic heterocycles. The van der Waals surface area contributed by atoms with Crippen molar-refractivity contribution < 1.29 is 19.1 Å². The van der Waals surface area contributed by atoms with Gasteiger partial charge in [-0.05, 0) is 67.6 Å². The molecule has 1 saturated heterocycles. The van der Waals surface area contributed by atoms with Crippen molar-refractivity contribution in [3.05, 3.63) is 62.5 Å². The van der Waals surface area contributed by atoms with Crippen molar-refractivity contribution in [2.24, 2.45) is 0 Å². The van der Waals surface area contributed by atoms with Gasteiger partial charge in [-0.15, -0.1) is 0 Å². The van der Waals surface area contributed by atoms with E-state index in [1.165, 1.54) is 0 Å². The van der Waals surface area contributed by atoms with Crippen LogP contribution < -0.4 is 10.1 Å². The minimum absolute atomic E-state index is 0.189. The Bertz CT molecular complexity index is 1060. The van der Waals surface area contributed by atoms with Crippen molar-refractivity contribution in [3.8, 4) is 5.75 Å². The van der Waals surface area contributed by atoms with E-state index >= 15 is 0 Å². The second-order valence-corrected chi connectivity index (χ2v) is 8.23. The number of ether oxygens (including phenoxy) is 1. The molecular weight excluding hydrogens is 447 g/mol.